The second-order valence-corrected chi connectivity index (χ2v) is 7.35. The molecule has 0 amide bonds. The Hall–Kier alpha value is -3.66. The van der Waals surface area contributed by atoms with E-state index in [1.54, 1.807) is 24.3 Å². The molecule has 1 fully saturated rings. The molecule has 2 aromatic carbocycles. The third kappa shape index (κ3) is 6.19. The van der Waals surface area contributed by atoms with Gasteiger partial charge >= 0.3 is 23.9 Å². The summed E-state index contributed by atoms with van der Waals surface area (Å²) in [5.41, 5.74) is 0. The van der Waals surface area contributed by atoms with Gasteiger partial charge in [0.15, 0.2) is 12.2 Å². The molecule has 0 spiro atoms. The van der Waals surface area contributed by atoms with E-state index in [0.29, 0.717) is 5.39 Å². The van der Waals surface area contributed by atoms with Gasteiger partial charge in [-0.05, 0) is 11.5 Å². The molecule has 10 nitrogen and oxygen atoms in total. The van der Waals surface area contributed by atoms with Gasteiger partial charge in [0.1, 0.15) is 11.5 Å². The van der Waals surface area contributed by atoms with Crippen LogP contribution in [0.5, 0.6) is 11.5 Å². The van der Waals surface area contributed by atoms with Gasteiger partial charge in [0.05, 0.1) is 6.61 Å². The predicted molar refractivity (Wildman–Crippen MR) is 112 cm³/mol. The summed E-state index contributed by atoms with van der Waals surface area (Å²) in [6.45, 7) is 4.64. The van der Waals surface area contributed by atoms with E-state index in [1.165, 1.54) is 33.8 Å². The molecule has 1 heterocycles. The summed E-state index contributed by atoms with van der Waals surface area (Å²) in [4.78, 5) is 46.5. The molecule has 1 aliphatic rings. The zero-order chi connectivity index (χ0) is 24.1. The van der Waals surface area contributed by atoms with Gasteiger partial charge in [-0.2, -0.15) is 0 Å². The van der Waals surface area contributed by atoms with Gasteiger partial charge in [0.25, 0.3) is 0 Å². The molecule has 0 saturated carbocycles. The summed E-state index contributed by atoms with van der Waals surface area (Å²) in [6.07, 6.45) is -4.65. The molecule has 0 unspecified atom stereocenters. The summed E-state index contributed by atoms with van der Waals surface area (Å²) in [5, 5.41) is 1.39. The van der Waals surface area contributed by atoms with E-state index in [9.17, 15) is 19.2 Å². The van der Waals surface area contributed by atoms with Crippen LogP contribution in [0.3, 0.4) is 0 Å². The summed E-state index contributed by atoms with van der Waals surface area (Å²) < 4.78 is 32.9. The number of carbonyl (C=O) groups is 4. The fraction of sp³-hybridized carbons (Fsp3) is 0.391. The van der Waals surface area contributed by atoms with Crippen molar-refractivity contribution in [2.24, 2.45) is 0 Å². The summed E-state index contributed by atoms with van der Waals surface area (Å²) >= 11 is 0. The molecule has 1 aliphatic heterocycles. The standard InChI is InChI=1S/C23H24O10/c1-12(24)29-17-9-16-7-5-6-8-18(16)19(10-17)33-23-22(32-15(4)27)21(31-14(3)26)20(11-28-23)30-13(2)25/h5-10,20-23H,11H2,1-4H3/t20-,21+,22-,23+/m1/s1. The van der Waals surface area contributed by atoms with Crippen LogP contribution in [-0.2, 0) is 38.1 Å². The van der Waals surface area contributed by atoms with Gasteiger partial charge in [-0.1, -0.05) is 24.3 Å². The average molecular weight is 460 g/mol. The Morgan fingerprint density at radius 1 is 0.818 bits per heavy atom. The first-order chi connectivity index (χ1) is 15.6. The molecule has 10 heteroatoms. The third-order valence-corrected chi connectivity index (χ3v) is 4.61. The molecule has 176 valence electrons. The molecule has 0 bridgehead atoms. The van der Waals surface area contributed by atoms with E-state index in [1.807, 2.05) is 6.07 Å². The van der Waals surface area contributed by atoms with Crippen LogP contribution in [0.1, 0.15) is 27.7 Å². The quantitative estimate of drug-likeness (QED) is 0.360. The number of hydrogen-bond donors (Lipinski definition) is 0. The number of fused-ring (bicyclic) bond motifs is 1. The molecular weight excluding hydrogens is 436 g/mol. The molecule has 0 aliphatic carbocycles. The van der Waals surface area contributed by atoms with E-state index in [-0.39, 0.29) is 18.1 Å². The Morgan fingerprint density at radius 2 is 1.45 bits per heavy atom. The molecule has 0 N–H and O–H groups in total. The van der Waals surface area contributed by atoms with Gasteiger partial charge in [0.2, 0.25) is 12.4 Å². The van der Waals surface area contributed by atoms with Gasteiger partial charge in [-0.25, -0.2) is 0 Å². The topological polar surface area (TPSA) is 124 Å². The Kier molecular flexibility index (Phi) is 7.49. The van der Waals surface area contributed by atoms with Crippen LogP contribution < -0.4 is 9.47 Å². The lowest BCUT2D eigenvalue weighted by Gasteiger charge is -2.40. The summed E-state index contributed by atoms with van der Waals surface area (Å²) in [6, 6.07) is 10.4. The zero-order valence-electron chi connectivity index (χ0n) is 18.6. The lowest BCUT2D eigenvalue weighted by molar-refractivity contribution is -0.259. The lowest BCUT2D eigenvalue weighted by Crippen LogP contribution is -2.59. The first-order valence-corrected chi connectivity index (χ1v) is 10.1. The van der Waals surface area contributed by atoms with Gasteiger partial charge in [-0.15, -0.1) is 0 Å². The van der Waals surface area contributed by atoms with Crippen LogP contribution in [0.4, 0.5) is 0 Å². The summed E-state index contributed by atoms with van der Waals surface area (Å²) in [7, 11) is 0. The van der Waals surface area contributed by atoms with Crippen molar-refractivity contribution < 1.29 is 47.6 Å². The highest BCUT2D eigenvalue weighted by molar-refractivity contribution is 5.90. The molecule has 0 aromatic heterocycles. The maximum atomic E-state index is 11.8. The van der Waals surface area contributed by atoms with Crippen LogP contribution >= 0.6 is 0 Å². The fourth-order valence-corrected chi connectivity index (χ4v) is 3.51. The van der Waals surface area contributed by atoms with E-state index < -0.39 is 48.5 Å². The molecule has 0 radical (unpaired) electrons. The number of esters is 4. The van der Waals surface area contributed by atoms with Crippen LogP contribution in [-0.4, -0.2) is 55.1 Å². The van der Waals surface area contributed by atoms with Crippen molar-refractivity contribution in [1.29, 1.82) is 0 Å². The van der Waals surface area contributed by atoms with Crippen molar-refractivity contribution in [3.63, 3.8) is 0 Å². The predicted octanol–water partition coefficient (Wildman–Crippen LogP) is 2.30. The largest absolute Gasteiger partial charge is 0.460 e. The Bertz CT molecular complexity index is 1060. The second-order valence-electron chi connectivity index (χ2n) is 7.35. The smallest absolute Gasteiger partial charge is 0.308 e. The minimum Gasteiger partial charge on any atom is -0.460 e. The fourth-order valence-electron chi connectivity index (χ4n) is 3.51. The van der Waals surface area contributed by atoms with E-state index in [4.69, 9.17) is 28.4 Å². The van der Waals surface area contributed by atoms with Crippen molar-refractivity contribution in [2.45, 2.75) is 52.3 Å². The van der Waals surface area contributed by atoms with Gasteiger partial charge < -0.3 is 28.4 Å². The normalized spacial score (nSPS) is 22.2. The lowest BCUT2D eigenvalue weighted by atomic mass is 10.0. The molecule has 1 saturated heterocycles. The van der Waals surface area contributed by atoms with Crippen molar-refractivity contribution in [1.82, 2.24) is 0 Å². The molecule has 4 atom stereocenters. The highest BCUT2D eigenvalue weighted by Gasteiger charge is 2.48. The Balaban J connectivity index is 1.99. The Morgan fingerprint density at radius 3 is 2.09 bits per heavy atom. The van der Waals surface area contributed by atoms with Crippen molar-refractivity contribution in [3.05, 3.63) is 36.4 Å². The molecule has 3 rings (SSSR count). The van der Waals surface area contributed by atoms with Crippen LogP contribution in [0, 0.1) is 0 Å². The van der Waals surface area contributed by atoms with Crippen LogP contribution in [0.15, 0.2) is 36.4 Å². The maximum Gasteiger partial charge on any atom is 0.308 e. The second kappa shape index (κ2) is 10.3. The minimum absolute atomic E-state index is 0.179. The maximum absolute atomic E-state index is 11.8. The Labute approximate surface area is 189 Å². The number of benzene rings is 2. The zero-order valence-corrected chi connectivity index (χ0v) is 18.6. The van der Waals surface area contributed by atoms with Gasteiger partial charge in [0, 0.05) is 39.1 Å². The number of carbonyl (C=O) groups excluding carboxylic acids is 4. The van der Waals surface area contributed by atoms with E-state index in [2.05, 4.69) is 0 Å². The SMILES string of the molecule is CC(=O)Oc1cc(O[C@@H]2OC[C@@H](OC(C)=O)[C@H](OC(C)=O)[C@H]2OC(C)=O)c2ccccc2c1. The van der Waals surface area contributed by atoms with Crippen molar-refractivity contribution >= 4 is 34.6 Å². The van der Waals surface area contributed by atoms with Crippen LogP contribution in [0.2, 0.25) is 0 Å². The first kappa shape index (κ1) is 24.0. The number of rotatable bonds is 6. The molecular formula is C23H24O10. The van der Waals surface area contributed by atoms with Crippen molar-refractivity contribution in [2.75, 3.05) is 6.61 Å². The van der Waals surface area contributed by atoms with Crippen molar-refractivity contribution in [3.8, 4) is 11.5 Å². The highest BCUT2D eigenvalue weighted by Crippen LogP contribution is 2.34. The third-order valence-electron chi connectivity index (χ3n) is 4.61. The van der Waals surface area contributed by atoms with E-state index in [0.717, 1.165) is 5.39 Å². The number of ether oxygens (including phenoxy) is 6. The van der Waals surface area contributed by atoms with Crippen LogP contribution in [0.25, 0.3) is 10.8 Å². The van der Waals surface area contributed by atoms with E-state index >= 15 is 0 Å². The monoisotopic (exact) mass is 460 g/mol. The van der Waals surface area contributed by atoms with Gasteiger partial charge in [-0.3, -0.25) is 19.2 Å². The average Bonchev–Trinajstić information content (AvgIpc) is 2.70. The minimum atomic E-state index is -1.25. The molecule has 2 aromatic rings. The number of hydrogen-bond acceptors (Lipinski definition) is 10. The summed E-state index contributed by atoms with van der Waals surface area (Å²) in [5.74, 6) is -1.97. The first-order valence-electron chi connectivity index (χ1n) is 10.1. The highest BCUT2D eigenvalue weighted by atomic mass is 16.7. The molecule has 33 heavy (non-hydrogen) atoms.